The third kappa shape index (κ3) is 3.07. The average Bonchev–Trinajstić information content (AvgIpc) is 3.15. The van der Waals surface area contributed by atoms with E-state index in [1.54, 1.807) is 33.9 Å². The fraction of sp³-hybridized carbons (Fsp3) is 0.476. The van der Waals surface area contributed by atoms with E-state index in [2.05, 4.69) is 16.9 Å². The summed E-state index contributed by atoms with van der Waals surface area (Å²) in [7, 11) is 1.59. The van der Waals surface area contributed by atoms with Gasteiger partial charge in [0.25, 0.3) is 0 Å². The monoisotopic (exact) mass is 370 g/mol. The zero-order valence-corrected chi connectivity index (χ0v) is 16.6. The number of hydrogen-bond acceptors (Lipinski definition) is 4. The van der Waals surface area contributed by atoms with Gasteiger partial charge in [-0.3, -0.25) is 14.7 Å². The summed E-state index contributed by atoms with van der Waals surface area (Å²) >= 11 is 0. The molecule has 0 fully saturated rings. The van der Waals surface area contributed by atoms with Gasteiger partial charge in [-0.2, -0.15) is 0 Å². The molecule has 3 rings (SSSR count). The van der Waals surface area contributed by atoms with E-state index < -0.39 is 11.0 Å². The molecule has 1 amide bonds. The lowest BCUT2D eigenvalue weighted by Crippen LogP contribution is -2.58. The maximum absolute atomic E-state index is 14.9. The molecule has 2 atom stereocenters. The molecular formula is C21H27FN4O. The fourth-order valence-electron chi connectivity index (χ4n) is 3.81. The van der Waals surface area contributed by atoms with E-state index in [1.807, 2.05) is 18.4 Å². The van der Waals surface area contributed by atoms with Crippen molar-refractivity contribution in [3.05, 3.63) is 46.8 Å². The SMILES string of the molecule is CC(Cc1ccc(F)c([C@@]2(C)N=C(N)N(C)C(=O)C2(C)C)c1)C1=CC=NC1. The molecule has 1 aromatic carbocycles. The van der Waals surface area contributed by atoms with Gasteiger partial charge in [-0.05, 0) is 56.4 Å². The Balaban J connectivity index is 2.02. The minimum atomic E-state index is -1.08. The normalized spacial score (nSPS) is 25.4. The zero-order chi connectivity index (χ0) is 20.0. The third-order valence-corrected chi connectivity index (χ3v) is 6.14. The molecule has 0 radical (unpaired) electrons. The van der Waals surface area contributed by atoms with E-state index >= 15 is 0 Å². The topological polar surface area (TPSA) is 71.0 Å². The second-order valence-corrected chi connectivity index (χ2v) is 8.18. The summed E-state index contributed by atoms with van der Waals surface area (Å²) < 4.78 is 14.9. The molecule has 0 bridgehead atoms. The number of aliphatic imine (C=N–C) groups is 2. The van der Waals surface area contributed by atoms with E-state index in [0.29, 0.717) is 11.5 Å². The van der Waals surface area contributed by atoms with E-state index in [0.717, 1.165) is 18.5 Å². The molecule has 1 aromatic rings. The van der Waals surface area contributed by atoms with Crippen LogP contribution in [0.2, 0.25) is 0 Å². The Labute approximate surface area is 159 Å². The summed E-state index contributed by atoms with van der Waals surface area (Å²) in [5.74, 6) is -0.143. The highest BCUT2D eigenvalue weighted by Crippen LogP contribution is 2.47. The highest BCUT2D eigenvalue weighted by atomic mass is 19.1. The number of amides is 1. The number of hydrogen-bond donors (Lipinski definition) is 1. The molecule has 2 aliphatic heterocycles. The van der Waals surface area contributed by atoms with Gasteiger partial charge >= 0.3 is 0 Å². The molecule has 2 N–H and O–H groups in total. The van der Waals surface area contributed by atoms with Crippen LogP contribution < -0.4 is 5.73 Å². The van der Waals surface area contributed by atoms with E-state index in [-0.39, 0.29) is 17.7 Å². The number of halogens is 1. The largest absolute Gasteiger partial charge is 0.369 e. The van der Waals surface area contributed by atoms with Gasteiger partial charge in [0.05, 0.1) is 12.0 Å². The van der Waals surface area contributed by atoms with Gasteiger partial charge in [-0.25, -0.2) is 9.38 Å². The van der Waals surface area contributed by atoms with Crippen molar-refractivity contribution in [2.45, 2.75) is 39.7 Å². The summed E-state index contributed by atoms with van der Waals surface area (Å²) in [4.78, 5) is 22.9. The lowest BCUT2D eigenvalue weighted by molar-refractivity contribution is -0.140. The van der Waals surface area contributed by atoms with E-state index in [4.69, 9.17) is 5.73 Å². The van der Waals surface area contributed by atoms with Crippen LogP contribution in [0.15, 0.2) is 39.8 Å². The molecule has 0 saturated carbocycles. The minimum Gasteiger partial charge on any atom is -0.369 e. The maximum atomic E-state index is 14.9. The van der Waals surface area contributed by atoms with Crippen LogP contribution in [0.25, 0.3) is 0 Å². The Bertz CT molecular complexity index is 871. The molecule has 0 saturated heterocycles. The van der Waals surface area contributed by atoms with Crippen LogP contribution in [0.5, 0.6) is 0 Å². The van der Waals surface area contributed by atoms with Crippen LogP contribution in [0, 0.1) is 17.2 Å². The Hall–Kier alpha value is -2.50. The Morgan fingerprint density at radius 1 is 1.33 bits per heavy atom. The minimum absolute atomic E-state index is 0.105. The number of allylic oxidation sites excluding steroid dienone is 1. The smallest absolute Gasteiger partial charge is 0.237 e. The highest BCUT2D eigenvalue weighted by molar-refractivity contribution is 6.01. The first-order valence-electron chi connectivity index (χ1n) is 9.19. The summed E-state index contributed by atoms with van der Waals surface area (Å²) in [5.41, 5.74) is 6.62. The molecule has 6 heteroatoms. The number of nitrogens with zero attached hydrogens (tertiary/aromatic N) is 3. The van der Waals surface area contributed by atoms with Crippen molar-refractivity contribution in [2.75, 3.05) is 13.6 Å². The molecule has 144 valence electrons. The molecule has 0 aromatic heterocycles. The van der Waals surface area contributed by atoms with Crippen molar-refractivity contribution in [3.63, 3.8) is 0 Å². The van der Waals surface area contributed by atoms with Crippen molar-refractivity contribution in [1.29, 1.82) is 0 Å². The number of benzene rings is 1. The Morgan fingerprint density at radius 3 is 2.67 bits per heavy atom. The molecular weight excluding hydrogens is 343 g/mol. The number of guanidine groups is 1. The van der Waals surface area contributed by atoms with Gasteiger partial charge in [0.1, 0.15) is 11.4 Å². The highest BCUT2D eigenvalue weighted by Gasteiger charge is 2.53. The van der Waals surface area contributed by atoms with E-state index in [9.17, 15) is 9.18 Å². The molecule has 0 spiro atoms. The van der Waals surface area contributed by atoms with Crippen molar-refractivity contribution in [3.8, 4) is 0 Å². The number of rotatable bonds is 4. The van der Waals surface area contributed by atoms with Crippen LogP contribution in [0.4, 0.5) is 4.39 Å². The second-order valence-electron chi connectivity index (χ2n) is 8.18. The molecule has 5 nitrogen and oxygen atoms in total. The first-order valence-corrected chi connectivity index (χ1v) is 9.19. The van der Waals surface area contributed by atoms with Crippen LogP contribution in [0.3, 0.4) is 0 Å². The second kappa shape index (κ2) is 6.59. The van der Waals surface area contributed by atoms with E-state index in [1.165, 1.54) is 16.5 Å². The lowest BCUT2D eigenvalue weighted by Gasteiger charge is -2.46. The molecule has 0 aliphatic carbocycles. The van der Waals surface area contributed by atoms with Gasteiger partial charge in [0, 0.05) is 18.8 Å². The average molecular weight is 370 g/mol. The first-order chi connectivity index (χ1) is 12.6. The summed E-state index contributed by atoms with van der Waals surface area (Å²) in [5, 5.41) is 0. The van der Waals surface area contributed by atoms with Crippen molar-refractivity contribution in [1.82, 2.24) is 4.90 Å². The third-order valence-electron chi connectivity index (χ3n) is 6.14. The number of carbonyl (C=O) groups excluding carboxylic acids is 1. The lowest BCUT2D eigenvalue weighted by atomic mass is 9.67. The van der Waals surface area contributed by atoms with Gasteiger partial charge < -0.3 is 5.73 Å². The summed E-state index contributed by atoms with van der Waals surface area (Å²) in [6.07, 6.45) is 4.64. The summed E-state index contributed by atoms with van der Waals surface area (Å²) in [6.45, 7) is 8.23. The van der Waals surface area contributed by atoms with Crippen LogP contribution in [0.1, 0.15) is 38.8 Å². The molecule has 2 heterocycles. The summed E-state index contributed by atoms with van der Waals surface area (Å²) in [6, 6.07) is 5.10. The molecule has 1 unspecified atom stereocenters. The van der Waals surface area contributed by atoms with Gasteiger partial charge in [0.15, 0.2) is 5.96 Å². The van der Waals surface area contributed by atoms with Crippen LogP contribution >= 0.6 is 0 Å². The van der Waals surface area contributed by atoms with Crippen LogP contribution in [-0.4, -0.2) is 36.6 Å². The number of nitrogens with two attached hydrogens (primary N) is 1. The van der Waals surface area contributed by atoms with Crippen molar-refractivity contribution < 1.29 is 9.18 Å². The van der Waals surface area contributed by atoms with Crippen molar-refractivity contribution >= 4 is 18.1 Å². The zero-order valence-electron chi connectivity index (χ0n) is 16.6. The van der Waals surface area contributed by atoms with Gasteiger partial charge in [-0.15, -0.1) is 0 Å². The Morgan fingerprint density at radius 2 is 2.04 bits per heavy atom. The number of carbonyl (C=O) groups is 1. The molecule has 2 aliphatic rings. The standard InChI is InChI=1S/C21H27FN4O/c1-13(15-8-9-24-12-15)10-14-6-7-17(22)16(11-14)21(4)20(2,3)18(27)26(5)19(23)25-21/h6-9,11,13H,10,12H2,1-5H3,(H2,23,25)/t13?,21-/m1/s1. The molecule has 27 heavy (non-hydrogen) atoms. The quantitative estimate of drug-likeness (QED) is 0.885. The van der Waals surface area contributed by atoms with Gasteiger partial charge in [-0.1, -0.05) is 19.1 Å². The fourth-order valence-corrected chi connectivity index (χ4v) is 3.81. The predicted octanol–water partition coefficient (Wildman–Crippen LogP) is 3.04. The van der Waals surface area contributed by atoms with Crippen molar-refractivity contribution in [2.24, 2.45) is 27.1 Å². The predicted molar refractivity (Wildman–Crippen MR) is 106 cm³/mol. The van der Waals surface area contributed by atoms with Gasteiger partial charge in [0.2, 0.25) is 5.91 Å². The van der Waals surface area contributed by atoms with Crippen LogP contribution in [-0.2, 0) is 16.8 Å². The first kappa shape index (κ1) is 19.3. The maximum Gasteiger partial charge on any atom is 0.237 e. The Kier molecular flexibility index (Phi) is 4.70.